The first kappa shape index (κ1) is 10.4. The number of pyridine rings is 1. The number of amidine groups is 1. The van der Waals surface area contributed by atoms with Crippen LogP contribution in [0.1, 0.15) is 28.5 Å². The third kappa shape index (κ3) is 2.39. The van der Waals surface area contributed by atoms with Crippen molar-refractivity contribution in [1.82, 2.24) is 4.98 Å². The second kappa shape index (κ2) is 4.00. The highest BCUT2D eigenvalue weighted by molar-refractivity contribution is 6.02. The molecule has 0 spiro atoms. The minimum atomic E-state index is -0.335. The number of amides is 1. The average molecular weight is 191 g/mol. The van der Waals surface area contributed by atoms with E-state index in [4.69, 9.17) is 5.73 Å². The van der Waals surface area contributed by atoms with Gasteiger partial charge in [0.2, 0.25) is 0 Å². The predicted molar refractivity (Wildman–Crippen MR) is 55.3 cm³/mol. The lowest BCUT2D eigenvalue weighted by Gasteiger charge is -2.01. The van der Waals surface area contributed by atoms with Gasteiger partial charge in [0.15, 0.2) is 0 Å². The fourth-order valence-electron chi connectivity index (χ4n) is 1.07. The second-order valence-electron chi connectivity index (χ2n) is 3.20. The lowest BCUT2D eigenvalue weighted by atomic mass is 10.1. The summed E-state index contributed by atoms with van der Waals surface area (Å²) < 4.78 is 0. The summed E-state index contributed by atoms with van der Waals surface area (Å²) in [6, 6.07) is 1.76. The van der Waals surface area contributed by atoms with E-state index in [9.17, 15) is 4.79 Å². The van der Waals surface area contributed by atoms with E-state index in [-0.39, 0.29) is 11.7 Å². The molecule has 4 heteroatoms. The van der Waals surface area contributed by atoms with Crippen molar-refractivity contribution >= 4 is 11.7 Å². The maximum absolute atomic E-state index is 11.5. The van der Waals surface area contributed by atoms with Crippen LogP contribution < -0.4 is 5.73 Å². The fourth-order valence-corrected chi connectivity index (χ4v) is 1.07. The highest BCUT2D eigenvalue weighted by Crippen LogP contribution is 2.08. The van der Waals surface area contributed by atoms with Crippen molar-refractivity contribution in [3.63, 3.8) is 0 Å². The third-order valence-corrected chi connectivity index (χ3v) is 1.73. The smallest absolute Gasteiger partial charge is 0.280 e. The lowest BCUT2D eigenvalue weighted by Crippen LogP contribution is -2.10. The number of nitrogens with two attached hydrogens (primary N) is 1. The highest BCUT2D eigenvalue weighted by Gasteiger charge is 2.08. The van der Waals surface area contributed by atoms with Crippen LogP contribution in [0.15, 0.2) is 17.3 Å². The van der Waals surface area contributed by atoms with Crippen molar-refractivity contribution in [3.05, 3.63) is 29.1 Å². The van der Waals surface area contributed by atoms with E-state index in [0.29, 0.717) is 11.3 Å². The van der Waals surface area contributed by atoms with Crippen molar-refractivity contribution < 1.29 is 4.79 Å². The molecule has 0 aromatic carbocycles. The summed E-state index contributed by atoms with van der Waals surface area (Å²) in [7, 11) is 0. The molecule has 0 saturated heterocycles. The van der Waals surface area contributed by atoms with E-state index in [1.165, 1.54) is 0 Å². The van der Waals surface area contributed by atoms with Crippen LogP contribution in [0.2, 0.25) is 0 Å². The average Bonchev–Trinajstić information content (AvgIpc) is 2.08. The van der Waals surface area contributed by atoms with Gasteiger partial charge in [0.25, 0.3) is 5.91 Å². The molecular weight excluding hydrogens is 178 g/mol. The van der Waals surface area contributed by atoms with Crippen LogP contribution >= 0.6 is 0 Å². The minimum absolute atomic E-state index is 0.260. The summed E-state index contributed by atoms with van der Waals surface area (Å²) in [5.74, 6) is -0.0744. The van der Waals surface area contributed by atoms with Gasteiger partial charge in [-0.25, -0.2) is 0 Å². The molecule has 1 aromatic heterocycles. The number of carbonyl (C=O) groups excluding carboxylic acids is 1. The highest BCUT2D eigenvalue weighted by atomic mass is 16.1. The molecule has 0 aliphatic carbocycles. The van der Waals surface area contributed by atoms with Crippen LogP contribution in [-0.4, -0.2) is 16.7 Å². The van der Waals surface area contributed by atoms with Crippen molar-refractivity contribution in [1.29, 1.82) is 0 Å². The molecule has 0 unspecified atom stereocenters. The molecule has 1 heterocycles. The molecule has 1 amide bonds. The molecule has 0 fully saturated rings. The van der Waals surface area contributed by atoms with Crippen LogP contribution in [0, 0.1) is 13.8 Å². The summed E-state index contributed by atoms with van der Waals surface area (Å²) in [6.45, 7) is 5.23. The molecule has 0 atom stereocenters. The molecule has 0 saturated carbocycles. The van der Waals surface area contributed by atoms with Gasteiger partial charge in [0.1, 0.15) is 5.84 Å². The van der Waals surface area contributed by atoms with Gasteiger partial charge in [-0.2, -0.15) is 4.99 Å². The van der Waals surface area contributed by atoms with E-state index < -0.39 is 0 Å². The topological polar surface area (TPSA) is 68.3 Å². The Hall–Kier alpha value is -1.71. The van der Waals surface area contributed by atoms with E-state index in [0.717, 1.165) is 5.56 Å². The monoisotopic (exact) mass is 191 g/mol. The standard InChI is InChI=1S/C10H13N3O/c1-6-4-9(7(2)12-5-6)10(14)13-8(3)11/h4-5H,1-3H3,(H2,11,13,14). The number of aryl methyl sites for hydroxylation is 2. The summed E-state index contributed by atoms with van der Waals surface area (Å²) in [4.78, 5) is 19.3. The molecule has 1 aromatic rings. The summed E-state index contributed by atoms with van der Waals surface area (Å²) in [5, 5.41) is 0. The number of nitrogens with zero attached hydrogens (tertiary/aromatic N) is 2. The molecule has 0 radical (unpaired) electrons. The fraction of sp³-hybridized carbons (Fsp3) is 0.300. The second-order valence-corrected chi connectivity index (χ2v) is 3.20. The molecule has 74 valence electrons. The summed E-state index contributed by atoms with van der Waals surface area (Å²) in [6.07, 6.45) is 1.71. The predicted octanol–water partition coefficient (Wildman–Crippen LogP) is 1.22. The molecule has 2 N–H and O–H groups in total. The van der Waals surface area contributed by atoms with Crippen LogP contribution in [0.4, 0.5) is 0 Å². The van der Waals surface area contributed by atoms with E-state index in [1.54, 1.807) is 26.1 Å². The molecule has 0 aliphatic heterocycles. The van der Waals surface area contributed by atoms with Gasteiger partial charge < -0.3 is 5.73 Å². The number of hydrogen-bond acceptors (Lipinski definition) is 2. The maximum atomic E-state index is 11.5. The molecule has 14 heavy (non-hydrogen) atoms. The van der Waals surface area contributed by atoms with Gasteiger partial charge in [0, 0.05) is 6.20 Å². The number of carbonyl (C=O) groups is 1. The number of hydrogen-bond donors (Lipinski definition) is 1. The molecule has 0 bridgehead atoms. The van der Waals surface area contributed by atoms with Crippen molar-refractivity contribution in [3.8, 4) is 0 Å². The Morgan fingerprint density at radius 3 is 2.71 bits per heavy atom. The van der Waals surface area contributed by atoms with Gasteiger partial charge in [-0.3, -0.25) is 9.78 Å². The Balaban J connectivity index is 3.12. The van der Waals surface area contributed by atoms with Crippen LogP contribution in [-0.2, 0) is 0 Å². The number of aromatic nitrogens is 1. The first-order chi connectivity index (χ1) is 6.50. The van der Waals surface area contributed by atoms with Gasteiger partial charge in [-0.15, -0.1) is 0 Å². The van der Waals surface area contributed by atoms with Gasteiger partial charge in [-0.1, -0.05) is 0 Å². The number of aliphatic imine (C=N–C) groups is 1. The molecular formula is C10H13N3O. The summed E-state index contributed by atoms with van der Waals surface area (Å²) >= 11 is 0. The Morgan fingerprint density at radius 1 is 1.50 bits per heavy atom. The van der Waals surface area contributed by atoms with Gasteiger partial charge in [-0.05, 0) is 32.4 Å². The van der Waals surface area contributed by atoms with Crippen LogP contribution in [0.5, 0.6) is 0 Å². The maximum Gasteiger partial charge on any atom is 0.280 e. The summed E-state index contributed by atoms with van der Waals surface area (Å²) in [5.41, 5.74) is 7.44. The van der Waals surface area contributed by atoms with Gasteiger partial charge >= 0.3 is 0 Å². The van der Waals surface area contributed by atoms with Crippen LogP contribution in [0.25, 0.3) is 0 Å². The Labute approximate surface area is 82.9 Å². The molecule has 1 rings (SSSR count). The zero-order chi connectivity index (χ0) is 10.7. The molecule has 4 nitrogen and oxygen atoms in total. The van der Waals surface area contributed by atoms with Crippen molar-refractivity contribution in [2.45, 2.75) is 20.8 Å². The Kier molecular flexibility index (Phi) is 2.96. The lowest BCUT2D eigenvalue weighted by molar-refractivity contribution is 0.100. The van der Waals surface area contributed by atoms with E-state index >= 15 is 0 Å². The first-order valence-corrected chi connectivity index (χ1v) is 4.29. The first-order valence-electron chi connectivity index (χ1n) is 4.29. The largest absolute Gasteiger partial charge is 0.387 e. The van der Waals surface area contributed by atoms with E-state index in [1.807, 2.05) is 6.92 Å². The zero-order valence-electron chi connectivity index (χ0n) is 8.53. The normalized spacial score (nSPS) is 11.5. The van der Waals surface area contributed by atoms with E-state index in [2.05, 4.69) is 9.98 Å². The Bertz CT molecular complexity index is 392. The third-order valence-electron chi connectivity index (χ3n) is 1.73. The zero-order valence-corrected chi connectivity index (χ0v) is 8.53. The molecule has 0 aliphatic rings. The minimum Gasteiger partial charge on any atom is -0.387 e. The quantitative estimate of drug-likeness (QED) is 0.536. The van der Waals surface area contributed by atoms with Crippen molar-refractivity contribution in [2.75, 3.05) is 0 Å². The number of rotatable bonds is 1. The SMILES string of the molecule is CC(N)=NC(=O)c1cc(C)cnc1C. The van der Waals surface area contributed by atoms with Crippen molar-refractivity contribution in [2.24, 2.45) is 10.7 Å². The Morgan fingerprint density at radius 2 is 2.14 bits per heavy atom. The van der Waals surface area contributed by atoms with Crippen LogP contribution in [0.3, 0.4) is 0 Å². The van der Waals surface area contributed by atoms with Gasteiger partial charge in [0.05, 0.1) is 11.3 Å².